The molecule has 0 fully saturated rings. The summed E-state index contributed by atoms with van der Waals surface area (Å²) in [6.45, 7) is 1.98. The normalized spacial score (nSPS) is 10.8. The number of rotatable bonds is 3. The minimum absolute atomic E-state index is 0.0325. The maximum absolute atomic E-state index is 12.6. The summed E-state index contributed by atoms with van der Waals surface area (Å²) in [5.41, 5.74) is 3.32. The Morgan fingerprint density at radius 1 is 1.14 bits per heavy atom. The van der Waals surface area contributed by atoms with Crippen LogP contribution in [0.25, 0.3) is 10.9 Å². The van der Waals surface area contributed by atoms with Crippen LogP contribution in [0, 0.1) is 6.92 Å². The minimum Gasteiger partial charge on any atom is -0.294 e. The van der Waals surface area contributed by atoms with Gasteiger partial charge in [0, 0.05) is 28.6 Å². The Kier molecular flexibility index (Phi) is 3.72. The number of pyridine rings is 1. The van der Waals surface area contributed by atoms with Crippen LogP contribution < -0.4 is 0 Å². The number of fused-ring (bicyclic) bond motifs is 1. The van der Waals surface area contributed by atoms with Gasteiger partial charge in [0.05, 0.1) is 5.52 Å². The number of carbonyl (C=O) groups is 1. The zero-order chi connectivity index (χ0) is 14.8. The van der Waals surface area contributed by atoms with E-state index in [1.807, 2.05) is 55.5 Å². The number of halogens is 1. The molecule has 0 saturated heterocycles. The summed E-state index contributed by atoms with van der Waals surface area (Å²) in [4.78, 5) is 16.9. The van der Waals surface area contributed by atoms with Gasteiger partial charge in [0.2, 0.25) is 0 Å². The maximum Gasteiger partial charge on any atom is 0.169 e. The van der Waals surface area contributed by atoms with Gasteiger partial charge < -0.3 is 0 Å². The van der Waals surface area contributed by atoms with Gasteiger partial charge in [-0.25, -0.2) is 0 Å². The van der Waals surface area contributed by atoms with Crippen LogP contribution in [-0.4, -0.2) is 10.8 Å². The average molecular weight is 296 g/mol. The molecule has 3 aromatic rings. The lowest BCUT2D eigenvalue weighted by molar-refractivity contribution is 0.0994. The third kappa shape index (κ3) is 2.81. The average Bonchev–Trinajstić information content (AvgIpc) is 2.49. The Balaban J connectivity index is 1.97. The molecule has 3 rings (SSSR count). The van der Waals surface area contributed by atoms with Gasteiger partial charge >= 0.3 is 0 Å². The van der Waals surface area contributed by atoms with Crippen molar-refractivity contribution in [2.75, 3.05) is 0 Å². The van der Waals surface area contributed by atoms with Gasteiger partial charge in [-0.2, -0.15) is 0 Å². The summed E-state index contributed by atoms with van der Waals surface area (Å²) in [5, 5.41) is 1.61. The highest BCUT2D eigenvalue weighted by Gasteiger charge is 2.13. The molecule has 0 aliphatic rings. The fourth-order valence-corrected chi connectivity index (χ4v) is 2.70. The highest BCUT2D eigenvalue weighted by Crippen LogP contribution is 2.22. The monoisotopic (exact) mass is 295 g/mol. The zero-order valence-corrected chi connectivity index (χ0v) is 12.4. The van der Waals surface area contributed by atoms with Crippen molar-refractivity contribution in [3.05, 3.63) is 76.4 Å². The third-order valence-electron chi connectivity index (χ3n) is 3.49. The van der Waals surface area contributed by atoms with Crippen molar-refractivity contribution in [2.45, 2.75) is 13.3 Å². The van der Waals surface area contributed by atoms with Crippen molar-refractivity contribution in [3.63, 3.8) is 0 Å². The molecule has 0 aliphatic heterocycles. The third-order valence-corrected chi connectivity index (χ3v) is 3.84. The number of benzene rings is 2. The topological polar surface area (TPSA) is 30.0 Å². The smallest absolute Gasteiger partial charge is 0.169 e. The maximum atomic E-state index is 12.6. The van der Waals surface area contributed by atoms with E-state index in [-0.39, 0.29) is 12.2 Å². The molecule has 0 unspecified atom stereocenters. The Morgan fingerprint density at radius 2 is 1.95 bits per heavy atom. The molecule has 2 nitrogen and oxygen atoms in total. The Morgan fingerprint density at radius 3 is 2.76 bits per heavy atom. The van der Waals surface area contributed by atoms with Gasteiger partial charge in [-0.1, -0.05) is 41.9 Å². The summed E-state index contributed by atoms with van der Waals surface area (Å²) < 4.78 is 0. The first kappa shape index (κ1) is 13.8. The fraction of sp³-hybridized carbons (Fsp3) is 0.111. The van der Waals surface area contributed by atoms with E-state index in [2.05, 4.69) is 4.98 Å². The number of hydrogen-bond donors (Lipinski definition) is 0. The zero-order valence-electron chi connectivity index (χ0n) is 11.6. The number of para-hydroxylation sites is 1. The molecule has 0 radical (unpaired) electrons. The molecule has 0 saturated carbocycles. The van der Waals surface area contributed by atoms with Crippen LogP contribution >= 0.6 is 11.6 Å². The SMILES string of the molecule is Cc1ccc(CC(=O)c2cccc3cccnc23)c(Cl)c1. The molecule has 2 aromatic carbocycles. The standard InChI is InChI=1S/C18H14ClNO/c1-12-7-8-14(16(19)10-12)11-17(21)15-6-2-4-13-5-3-9-20-18(13)15/h2-10H,11H2,1H3. The predicted molar refractivity (Wildman–Crippen MR) is 86.0 cm³/mol. The van der Waals surface area contributed by atoms with Crippen molar-refractivity contribution in [1.29, 1.82) is 0 Å². The molecule has 0 atom stereocenters. The van der Waals surface area contributed by atoms with Crippen molar-refractivity contribution in [1.82, 2.24) is 4.98 Å². The highest BCUT2D eigenvalue weighted by atomic mass is 35.5. The molecule has 1 heterocycles. The minimum atomic E-state index is 0.0325. The summed E-state index contributed by atoms with van der Waals surface area (Å²) in [7, 11) is 0. The second-order valence-electron chi connectivity index (χ2n) is 5.08. The number of aromatic nitrogens is 1. The van der Waals surface area contributed by atoms with Gasteiger partial charge in [0.25, 0.3) is 0 Å². The number of carbonyl (C=O) groups excluding carboxylic acids is 1. The summed E-state index contributed by atoms with van der Waals surface area (Å²) >= 11 is 6.21. The molecule has 0 amide bonds. The summed E-state index contributed by atoms with van der Waals surface area (Å²) in [6, 6.07) is 15.2. The Bertz CT molecular complexity index is 821. The van der Waals surface area contributed by atoms with Crippen LogP contribution in [0.5, 0.6) is 0 Å². The van der Waals surface area contributed by atoms with E-state index in [0.29, 0.717) is 10.6 Å². The number of ketones is 1. The quantitative estimate of drug-likeness (QED) is 0.660. The lowest BCUT2D eigenvalue weighted by Gasteiger charge is -2.07. The van der Waals surface area contributed by atoms with Crippen LogP contribution in [0.3, 0.4) is 0 Å². The van der Waals surface area contributed by atoms with Crippen LogP contribution in [0.2, 0.25) is 5.02 Å². The van der Waals surface area contributed by atoms with Crippen molar-refractivity contribution < 1.29 is 4.79 Å². The first-order valence-electron chi connectivity index (χ1n) is 6.77. The molecule has 0 aliphatic carbocycles. The molecule has 104 valence electrons. The Labute approximate surface area is 128 Å². The van der Waals surface area contributed by atoms with Gasteiger partial charge in [0.15, 0.2) is 5.78 Å². The largest absolute Gasteiger partial charge is 0.294 e. The molecule has 0 N–H and O–H groups in total. The van der Waals surface area contributed by atoms with Gasteiger partial charge in [-0.15, -0.1) is 0 Å². The highest BCUT2D eigenvalue weighted by molar-refractivity contribution is 6.31. The van der Waals surface area contributed by atoms with Crippen LogP contribution in [-0.2, 0) is 6.42 Å². The number of hydrogen-bond acceptors (Lipinski definition) is 2. The molecule has 21 heavy (non-hydrogen) atoms. The molecular weight excluding hydrogens is 282 g/mol. The summed E-state index contributed by atoms with van der Waals surface area (Å²) in [6.07, 6.45) is 1.99. The lowest BCUT2D eigenvalue weighted by atomic mass is 10.00. The van der Waals surface area contributed by atoms with E-state index in [1.54, 1.807) is 6.20 Å². The van der Waals surface area contributed by atoms with E-state index in [1.165, 1.54) is 0 Å². The van der Waals surface area contributed by atoms with Crippen LogP contribution in [0.4, 0.5) is 0 Å². The fourth-order valence-electron chi connectivity index (χ4n) is 2.39. The van der Waals surface area contributed by atoms with E-state index in [0.717, 1.165) is 22.0 Å². The molecule has 1 aromatic heterocycles. The van der Waals surface area contributed by atoms with Gasteiger partial charge in [-0.3, -0.25) is 9.78 Å². The molecule has 3 heteroatoms. The van der Waals surface area contributed by atoms with Crippen molar-refractivity contribution >= 4 is 28.3 Å². The van der Waals surface area contributed by atoms with Crippen molar-refractivity contribution in [2.24, 2.45) is 0 Å². The lowest BCUT2D eigenvalue weighted by Crippen LogP contribution is -2.05. The van der Waals surface area contributed by atoms with Crippen LogP contribution in [0.15, 0.2) is 54.7 Å². The number of aryl methyl sites for hydroxylation is 1. The first-order valence-corrected chi connectivity index (χ1v) is 7.15. The van der Waals surface area contributed by atoms with Crippen LogP contribution in [0.1, 0.15) is 21.5 Å². The van der Waals surface area contributed by atoms with E-state index in [4.69, 9.17) is 11.6 Å². The summed E-state index contributed by atoms with van der Waals surface area (Å²) in [5.74, 6) is 0.0325. The van der Waals surface area contributed by atoms with E-state index < -0.39 is 0 Å². The number of Topliss-reactive ketones (excluding diaryl/α,β-unsaturated/α-hetero) is 1. The van der Waals surface area contributed by atoms with Gasteiger partial charge in [0.1, 0.15) is 0 Å². The van der Waals surface area contributed by atoms with E-state index >= 15 is 0 Å². The predicted octanol–water partition coefficient (Wildman–Crippen LogP) is 4.62. The van der Waals surface area contributed by atoms with E-state index in [9.17, 15) is 4.79 Å². The molecule has 0 spiro atoms. The Hall–Kier alpha value is -2.19. The van der Waals surface area contributed by atoms with Crippen molar-refractivity contribution in [3.8, 4) is 0 Å². The second-order valence-corrected chi connectivity index (χ2v) is 5.48. The molecule has 0 bridgehead atoms. The first-order chi connectivity index (χ1) is 10.1. The molecular formula is C18H14ClNO. The second kappa shape index (κ2) is 5.66. The number of nitrogens with zero attached hydrogens (tertiary/aromatic N) is 1. The van der Waals surface area contributed by atoms with Gasteiger partial charge in [-0.05, 0) is 36.2 Å².